The van der Waals surface area contributed by atoms with E-state index < -0.39 is 41.6 Å². The summed E-state index contributed by atoms with van der Waals surface area (Å²) in [4.78, 5) is 58.1. The lowest BCUT2D eigenvalue weighted by molar-refractivity contribution is -0.152. The maximum absolute atomic E-state index is 13.7. The van der Waals surface area contributed by atoms with Crippen LogP contribution in [0.5, 0.6) is 0 Å². The molecule has 1 fully saturated rings. The average molecular weight is 457 g/mol. The number of hydrogen-bond acceptors (Lipinski definition) is 7. The van der Waals surface area contributed by atoms with Crippen LogP contribution < -0.4 is 10.6 Å². The summed E-state index contributed by atoms with van der Waals surface area (Å²) in [5.41, 5.74) is 0.964. The number of oxazole rings is 1. The minimum absolute atomic E-state index is 0.152. The Morgan fingerprint density at radius 3 is 2.36 bits per heavy atom. The number of nitrogens with zero attached hydrogens (tertiary/aromatic N) is 2. The minimum Gasteiger partial charge on any atom is -0.434 e. The van der Waals surface area contributed by atoms with Crippen LogP contribution in [0.4, 0.5) is 0 Å². The minimum atomic E-state index is -1.13. The van der Waals surface area contributed by atoms with E-state index in [9.17, 15) is 19.2 Å². The first kappa shape index (κ1) is 24.6. The van der Waals surface area contributed by atoms with Gasteiger partial charge < -0.3 is 15.1 Å². The summed E-state index contributed by atoms with van der Waals surface area (Å²) in [6, 6.07) is 4.32. The molecule has 2 N–H and O–H groups in total. The molecule has 33 heavy (non-hydrogen) atoms. The van der Waals surface area contributed by atoms with Gasteiger partial charge >= 0.3 is 0 Å². The van der Waals surface area contributed by atoms with E-state index in [1.807, 2.05) is 0 Å². The summed E-state index contributed by atoms with van der Waals surface area (Å²) in [5.74, 6) is -2.88. The van der Waals surface area contributed by atoms with Crippen LogP contribution in [0.2, 0.25) is 0 Å². The zero-order valence-corrected chi connectivity index (χ0v) is 19.8. The highest BCUT2D eigenvalue weighted by atomic mass is 16.4. The van der Waals surface area contributed by atoms with Gasteiger partial charge in [0.2, 0.25) is 17.6 Å². The molecule has 9 nitrogen and oxygen atoms in total. The highest BCUT2D eigenvalue weighted by Gasteiger charge is 2.44. The lowest BCUT2D eigenvalue weighted by Crippen LogP contribution is -2.61. The van der Waals surface area contributed by atoms with Gasteiger partial charge in [-0.1, -0.05) is 39.8 Å². The number of amides is 3. The zero-order valence-electron chi connectivity index (χ0n) is 19.8. The number of para-hydroxylation sites is 2. The van der Waals surface area contributed by atoms with Crippen LogP contribution in [-0.4, -0.2) is 58.1 Å². The Hall–Kier alpha value is -3.07. The summed E-state index contributed by atoms with van der Waals surface area (Å²) in [6.07, 6.45) is 1.36. The van der Waals surface area contributed by atoms with E-state index in [0.717, 1.165) is 11.3 Å². The van der Waals surface area contributed by atoms with Gasteiger partial charge in [-0.05, 0) is 43.4 Å². The number of fused-ring (bicyclic) bond motifs is 1. The molecule has 9 heteroatoms. The molecule has 0 bridgehead atoms. The first-order valence-corrected chi connectivity index (χ1v) is 11.4. The molecular formula is C24H32N4O5. The number of carbonyl (C=O) groups is 4. The van der Waals surface area contributed by atoms with Crippen molar-refractivity contribution in [2.75, 3.05) is 6.54 Å². The maximum Gasteiger partial charge on any atom is 0.266 e. The van der Waals surface area contributed by atoms with Crippen molar-refractivity contribution in [1.29, 1.82) is 0 Å². The second-order valence-corrected chi connectivity index (χ2v) is 9.16. The highest BCUT2D eigenvalue weighted by Crippen LogP contribution is 2.24. The summed E-state index contributed by atoms with van der Waals surface area (Å²) < 4.78 is 5.67. The van der Waals surface area contributed by atoms with Gasteiger partial charge in [-0.2, -0.15) is 0 Å². The van der Waals surface area contributed by atoms with Crippen molar-refractivity contribution in [1.82, 2.24) is 20.5 Å². The fourth-order valence-corrected chi connectivity index (χ4v) is 4.15. The van der Waals surface area contributed by atoms with E-state index in [1.165, 1.54) is 6.92 Å². The zero-order chi connectivity index (χ0) is 24.3. The molecular weight excluding hydrogens is 424 g/mol. The molecule has 1 aliphatic rings. The van der Waals surface area contributed by atoms with Crippen LogP contribution in [0.15, 0.2) is 28.7 Å². The number of carbonyl (C=O) groups excluding carboxylic acids is 4. The quantitative estimate of drug-likeness (QED) is 0.585. The Kier molecular flexibility index (Phi) is 7.63. The van der Waals surface area contributed by atoms with Gasteiger partial charge in [0.15, 0.2) is 5.58 Å². The first-order chi connectivity index (χ1) is 15.6. The number of nitrogens with one attached hydrogen (secondary N) is 2. The summed E-state index contributed by atoms with van der Waals surface area (Å²) in [5, 5.41) is 5.76. The molecule has 3 amide bonds. The highest BCUT2D eigenvalue weighted by molar-refractivity contribution is 6.08. The molecule has 0 radical (unpaired) electrons. The van der Waals surface area contributed by atoms with Crippen molar-refractivity contribution < 1.29 is 23.6 Å². The fraction of sp³-hybridized carbons (Fsp3) is 0.542. The number of benzene rings is 1. The molecule has 1 aromatic heterocycles. The summed E-state index contributed by atoms with van der Waals surface area (Å²) in [6.45, 7) is 9.07. The molecule has 1 aliphatic heterocycles. The largest absolute Gasteiger partial charge is 0.434 e. The molecule has 0 unspecified atom stereocenters. The lowest BCUT2D eigenvalue weighted by atomic mass is 9.93. The monoisotopic (exact) mass is 456 g/mol. The molecule has 1 saturated heterocycles. The first-order valence-electron chi connectivity index (χ1n) is 11.4. The van der Waals surface area contributed by atoms with Gasteiger partial charge in [0, 0.05) is 6.92 Å². The smallest absolute Gasteiger partial charge is 0.266 e. The van der Waals surface area contributed by atoms with Gasteiger partial charge in [0.1, 0.15) is 17.6 Å². The van der Waals surface area contributed by atoms with Crippen LogP contribution in [0.25, 0.3) is 11.1 Å². The van der Waals surface area contributed by atoms with Crippen molar-refractivity contribution in [3.8, 4) is 0 Å². The Bertz CT molecular complexity index is 1010. The Balaban J connectivity index is 2.05. The van der Waals surface area contributed by atoms with Crippen LogP contribution in [0, 0.1) is 11.8 Å². The van der Waals surface area contributed by atoms with E-state index in [1.54, 1.807) is 52.0 Å². The van der Waals surface area contributed by atoms with Crippen LogP contribution in [-0.2, 0) is 14.4 Å². The molecule has 3 rings (SSSR count). The Morgan fingerprint density at radius 2 is 1.82 bits per heavy atom. The van der Waals surface area contributed by atoms with Crippen molar-refractivity contribution in [3.63, 3.8) is 0 Å². The van der Waals surface area contributed by atoms with Crippen molar-refractivity contribution in [2.45, 2.75) is 65.6 Å². The van der Waals surface area contributed by atoms with E-state index >= 15 is 0 Å². The lowest BCUT2D eigenvalue weighted by Gasteiger charge is -2.36. The summed E-state index contributed by atoms with van der Waals surface area (Å²) in [7, 11) is 0. The van der Waals surface area contributed by atoms with Crippen LogP contribution >= 0.6 is 0 Å². The van der Waals surface area contributed by atoms with Gasteiger partial charge in [-0.15, -0.1) is 0 Å². The predicted molar refractivity (Wildman–Crippen MR) is 122 cm³/mol. The molecule has 1 aromatic carbocycles. The topological polar surface area (TPSA) is 122 Å². The Morgan fingerprint density at radius 1 is 1.12 bits per heavy atom. The number of imide groups is 1. The maximum atomic E-state index is 13.7. The summed E-state index contributed by atoms with van der Waals surface area (Å²) >= 11 is 0. The van der Waals surface area contributed by atoms with Crippen molar-refractivity contribution >= 4 is 34.6 Å². The third-order valence-corrected chi connectivity index (χ3v) is 5.81. The molecule has 3 atom stereocenters. The molecule has 0 spiro atoms. The fourth-order valence-electron chi connectivity index (χ4n) is 4.15. The van der Waals surface area contributed by atoms with Gasteiger partial charge in [0.05, 0.1) is 6.04 Å². The van der Waals surface area contributed by atoms with Gasteiger partial charge in [0.25, 0.3) is 11.8 Å². The molecule has 2 heterocycles. The molecule has 0 saturated carbocycles. The van der Waals surface area contributed by atoms with E-state index in [-0.39, 0.29) is 17.7 Å². The number of rotatable bonds is 8. The molecule has 2 aromatic rings. The third kappa shape index (κ3) is 5.30. The average Bonchev–Trinajstić information content (AvgIpc) is 3.43. The molecule has 0 aliphatic carbocycles. The second kappa shape index (κ2) is 10.2. The van der Waals surface area contributed by atoms with E-state index in [4.69, 9.17) is 4.42 Å². The molecule has 178 valence electrons. The number of ketones is 1. The van der Waals surface area contributed by atoms with Crippen molar-refractivity contribution in [3.05, 3.63) is 30.2 Å². The SMILES string of the molecule is CC(=O)N[C@H](C(=O)N(C(=O)[C@@H]1CCCN1)[C@H](C(=O)c1nc2ccccc2o1)C(C)C)C(C)C. The van der Waals surface area contributed by atoms with E-state index in [0.29, 0.717) is 24.1 Å². The standard InChI is InChI=1S/C24H32N4O5/c1-13(2)19(26-15(5)29)24(32)28(23(31)17-10-8-12-25-17)20(14(3)4)21(30)22-27-16-9-6-7-11-18(16)33-22/h6-7,9,11,13-14,17,19-20,25H,8,10,12H2,1-5H3,(H,26,29)/t17-,19-,20-/m0/s1. The number of Topliss-reactive ketones (excluding diaryl/α,β-unsaturated/α-hetero) is 1. The van der Waals surface area contributed by atoms with E-state index in [2.05, 4.69) is 15.6 Å². The third-order valence-electron chi connectivity index (χ3n) is 5.81. The Labute approximate surface area is 193 Å². The van der Waals surface area contributed by atoms with Crippen LogP contribution in [0.3, 0.4) is 0 Å². The van der Waals surface area contributed by atoms with Crippen LogP contribution in [0.1, 0.15) is 58.1 Å². The number of hydrogen-bond donors (Lipinski definition) is 2. The van der Waals surface area contributed by atoms with Gasteiger partial charge in [-0.3, -0.25) is 24.1 Å². The van der Waals surface area contributed by atoms with Crippen molar-refractivity contribution in [2.24, 2.45) is 11.8 Å². The predicted octanol–water partition coefficient (Wildman–Crippen LogP) is 2.30. The normalized spacial score (nSPS) is 17.8. The number of aromatic nitrogens is 1. The van der Waals surface area contributed by atoms with Gasteiger partial charge in [-0.25, -0.2) is 4.98 Å². The second-order valence-electron chi connectivity index (χ2n) is 9.16.